The monoisotopic (exact) mass is 411 g/mol. The lowest BCUT2D eigenvalue weighted by Crippen LogP contribution is -2.54. The van der Waals surface area contributed by atoms with Crippen LogP contribution in [0.5, 0.6) is 0 Å². The third-order valence-corrected chi connectivity index (χ3v) is 6.43. The van der Waals surface area contributed by atoms with Crippen molar-refractivity contribution in [3.05, 3.63) is 71.7 Å². The molecule has 7 heteroatoms. The summed E-state index contributed by atoms with van der Waals surface area (Å²) in [6.07, 6.45) is 2.99. The van der Waals surface area contributed by atoms with E-state index >= 15 is 0 Å². The minimum atomic E-state index is -0.563. The van der Waals surface area contributed by atoms with Crippen LogP contribution in [-0.2, 0) is 22.4 Å². The molecule has 2 aromatic carbocycles. The van der Waals surface area contributed by atoms with E-state index in [-0.39, 0.29) is 22.9 Å². The highest BCUT2D eigenvalue weighted by Gasteiger charge is 2.32. The largest absolute Gasteiger partial charge is 0.361 e. The molecule has 0 bridgehead atoms. The Labute approximate surface area is 172 Å². The molecule has 0 spiro atoms. The second kappa shape index (κ2) is 8.69. The molecule has 1 aromatic heterocycles. The Balaban J connectivity index is 1.27. The van der Waals surface area contributed by atoms with Crippen LogP contribution < -0.4 is 10.6 Å². The maximum atomic E-state index is 13.8. The van der Waals surface area contributed by atoms with E-state index in [4.69, 9.17) is 0 Å². The van der Waals surface area contributed by atoms with Crippen LogP contribution in [0.1, 0.15) is 11.1 Å². The molecular formula is C22H22FN3O2S. The van der Waals surface area contributed by atoms with E-state index in [0.717, 1.165) is 16.5 Å². The predicted octanol–water partition coefficient (Wildman–Crippen LogP) is 2.81. The number of aromatic amines is 1. The lowest BCUT2D eigenvalue weighted by Gasteiger charge is -2.28. The van der Waals surface area contributed by atoms with Gasteiger partial charge in [0.2, 0.25) is 11.8 Å². The maximum absolute atomic E-state index is 13.8. The SMILES string of the molecule is O=C1N[C@@H](C(=O)NCCc2c[nH]c3ccccc23)CS[C@H]1Cc1ccccc1F. The maximum Gasteiger partial charge on any atom is 0.243 e. The highest BCUT2D eigenvalue weighted by molar-refractivity contribution is 8.00. The molecule has 150 valence electrons. The molecule has 1 aliphatic rings. The molecule has 4 rings (SSSR count). The van der Waals surface area contributed by atoms with Crippen molar-refractivity contribution in [2.45, 2.75) is 24.1 Å². The predicted molar refractivity (Wildman–Crippen MR) is 113 cm³/mol. The topological polar surface area (TPSA) is 74.0 Å². The summed E-state index contributed by atoms with van der Waals surface area (Å²) in [6, 6.07) is 13.9. The van der Waals surface area contributed by atoms with Gasteiger partial charge in [-0.1, -0.05) is 36.4 Å². The number of H-pyrrole nitrogens is 1. The summed E-state index contributed by atoms with van der Waals surface area (Å²) < 4.78 is 13.8. The fourth-order valence-corrected chi connectivity index (χ4v) is 4.71. The molecule has 29 heavy (non-hydrogen) atoms. The zero-order chi connectivity index (χ0) is 20.2. The second-order valence-electron chi connectivity index (χ2n) is 7.08. The van der Waals surface area contributed by atoms with Gasteiger partial charge in [0.1, 0.15) is 11.9 Å². The van der Waals surface area contributed by atoms with E-state index in [2.05, 4.69) is 21.7 Å². The summed E-state index contributed by atoms with van der Waals surface area (Å²) in [4.78, 5) is 28.1. The molecule has 2 heterocycles. The van der Waals surface area contributed by atoms with Gasteiger partial charge < -0.3 is 15.6 Å². The zero-order valence-electron chi connectivity index (χ0n) is 15.8. The second-order valence-corrected chi connectivity index (χ2v) is 8.31. The minimum absolute atomic E-state index is 0.185. The quantitative estimate of drug-likeness (QED) is 0.584. The van der Waals surface area contributed by atoms with E-state index in [1.807, 2.05) is 24.4 Å². The fraction of sp³-hybridized carbons (Fsp3) is 0.273. The van der Waals surface area contributed by atoms with Crippen LogP contribution in [0.25, 0.3) is 10.9 Å². The van der Waals surface area contributed by atoms with Crippen molar-refractivity contribution in [1.29, 1.82) is 0 Å². The summed E-state index contributed by atoms with van der Waals surface area (Å²) in [6.45, 7) is 0.496. The van der Waals surface area contributed by atoms with Gasteiger partial charge in [-0.2, -0.15) is 0 Å². The third kappa shape index (κ3) is 4.45. The number of benzene rings is 2. The van der Waals surface area contributed by atoms with Crippen LogP contribution in [0.3, 0.4) is 0 Å². The number of fused-ring (bicyclic) bond motifs is 1. The van der Waals surface area contributed by atoms with Crippen LogP contribution in [0.4, 0.5) is 4.39 Å². The molecule has 2 atom stereocenters. The Morgan fingerprint density at radius 2 is 1.93 bits per heavy atom. The number of carbonyl (C=O) groups excluding carboxylic acids is 2. The van der Waals surface area contributed by atoms with Gasteiger partial charge in [0, 0.05) is 29.4 Å². The molecule has 2 amide bonds. The highest BCUT2D eigenvalue weighted by Crippen LogP contribution is 2.23. The Morgan fingerprint density at radius 1 is 1.14 bits per heavy atom. The summed E-state index contributed by atoms with van der Waals surface area (Å²) in [5, 5.41) is 6.45. The molecule has 5 nitrogen and oxygen atoms in total. The molecule has 1 saturated heterocycles. The lowest BCUT2D eigenvalue weighted by atomic mass is 10.1. The van der Waals surface area contributed by atoms with E-state index in [1.165, 1.54) is 17.8 Å². The van der Waals surface area contributed by atoms with Gasteiger partial charge in [0.15, 0.2) is 0 Å². The number of para-hydroxylation sites is 1. The number of hydrogen-bond acceptors (Lipinski definition) is 3. The number of carbonyl (C=O) groups is 2. The fourth-order valence-electron chi connectivity index (χ4n) is 3.53. The average Bonchev–Trinajstić information content (AvgIpc) is 3.14. The van der Waals surface area contributed by atoms with Crippen LogP contribution in [-0.4, -0.2) is 40.4 Å². The van der Waals surface area contributed by atoms with E-state index in [1.54, 1.807) is 18.2 Å². The van der Waals surface area contributed by atoms with Crippen molar-refractivity contribution < 1.29 is 14.0 Å². The highest BCUT2D eigenvalue weighted by atomic mass is 32.2. The summed E-state index contributed by atoms with van der Waals surface area (Å²) in [5.74, 6) is -0.238. The summed E-state index contributed by atoms with van der Waals surface area (Å²) in [7, 11) is 0. The van der Waals surface area contributed by atoms with Gasteiger partial charge in [-0.25, -0.2) is 4.39 Å². The lowest BCUT2D eigenvalue weighted by molar-refractivity contribution is -0.128. The first kappa shape index (κ1) is 19.5. The molecule has 0 unspecified atom stereocenters. The first-order valence-electron chi connectivity index (χ1n) is 9.60. The molecule has 1 aliphatic heterocycles. The Kier molecular flexibility index (Phi) is 5.85. The van der Waals surface area contributed by atoms with Gasteiger partial charge in [-0.3, -0.25) is 9.59 Å². The van der Waals surface area contributed by atoms with E-state index in [9.17, 15) is 14.0 Å². The van der Waals surface area contributed by atoms with E-state index in [0.29, 0.717) is 30.7 Å². The number of thioether (sulfide) groups is 1. The number of amides is 2. The molecule has 0 saturated carbocycles. The van der Waals surface area contributed by atoms with Gasteiger partial charge >= 0.3 is 0 Å². The smallest absolute Gasteiger partial charge is 0.243 e. The van der Waals surface area contributed by atoms with Crippen molar-refractivity contribution in [3.63, 3.8) is 0 Å². The first-order chi connectivity index (χ1) is 14.1. The van der Waals surface area contributed by atoms with Gasteiger partial charge in [-0.05, 0) is 36.1 Å². The number of halogens is 1. The average molecular weight is 412 g/mol. The van der Waals surface area contributed by atoms with Crippen molar-refractivity contribution >= 4 is 34.5 Å². The molecule has 0 aliphatic carbocycles. The number of hydrogen-bond donors (Lipinski definition) is 3. The Hall–Kier alpha value is -2.80. The Bertz CT molecular complexity index is 1040. The van der Waals surface area contributed by atoms with Gasteiger partial charge in [-0.15, -0.1) is 11.8 Å². The first-order valence-corrected chi connectivity index (χ1v) is 10.6. The standard InChI is InChI=1S/C22H22FN3O2S/c23-17-7-3-1-5-14(17)11-20-22(28)26-19(13-29-20)21(27)24-10-9-15-12-25-18-8-4-2-6-16(15)18/h1-8,12,19-20,25H,9-11,13H2,(H,24,27)(H,26,28)/t19-,20+/m1/s1. The van der Waals surface area contributed by atoms with Crippen molar-refractivity contribution in [2.24, 2.45) is 0 Å². The number of rotatable bonds is 6. The number of aromatic nitrogens is 1. The van der Waals surface area contributed by atoms with Crippen LogP contribution in [0, 0.1) is 5.82 Å². The Morgan fingerprint density at radius 3 is 2.76 bits per heavy atom. The van der Waals surface area contributed by atoms with Crippen molar-refractivity contribution in [3.8, 4) is 0 Å². The molecular weight excluding hydrogens is 389 g/mol. The van der Waals surface area contributed by atoms with Crippen molar-refractivity contribution in [2.75, 3.05) is 12.3 Å². The normalized spacial score (nSPS) is 19.1. The van der Waals surface area contributed by atoms with Crippen LogP contribution in [0.2, 0.25) is 0 Å². The van der Waals surface area contributed by atoms with Crippen LogP contribution >= 0.6 is 11.8 Å². The molecule has 1 fully saturated rings. The zero-order valence-corrected chi connectivity index (χ0v) is 16.6. The summed E-state index contributed by atoms with van der Waals surface area (Å²) in [5.41, 5.74) is 2.74. The minimum Gasteiger partial charge on any atom is -0.361 e. The molecule has 3 N–H and O–H groups in total. The van der Waals surface area contributed by atoms with Crippen molar-refractivity contribution in [1.82, 2.24) is 15.6 Å². The molecule has 3 aromatic rings. The number of nitrogens with one attached hydrogen (secondary N) is 3. The van der Waals surface area contributed by atoms with E-state index < -0.39 is 6.04 Å². The summed E-state index contributed by atoms with van der Waals surface area (Å²) >= 11 is 1.40. The van der Waals surface area contributed by atoms with Gasteiger partial charge in [0.05, 0.1) is 5.25 Å². The van der Waals surface area contributed by atoms with Crippen LogP contribution in [0.15, 0.2) is 54.7 Å². The van der Waals surface area contributed by atoms with Gasteiger partial charge in [0.25, 0.3) is 0 Å². The molecule has 0 radical (unpaired) electrons. The third-order valence-electron chi connectivity index (χ3n) is 5.12.